The van der Waals surface area contributed by atoms with E-state index in [1.165, 1.54) is 6.20 Å². The summed E-state index contributed by atoms with van der Waals surface area (Å²) in [6.45, 7) is 5.45. The second-order valence-electron chi connectivity index (χ2n) is 3.92. The Kier molecular flexibility index (Phi) is 5.94. The molecule has 17 heavy (non-hydrogen) atoms. The minimum Gasteiger partial charge on any atom is -0.379 e. The van der Waals surface area contributed by atoms with Gasteiger partial charge < -0.3 is 10.1 Å². The van der Waals surface area contributed by atoms with Gasteiger partial charge in [0, 0.05) is 24.9 Å². The Balaban J connectivity index is 2.34. The molecule has 1 aromatic rings. The molecule has 0 aromatic carbocycles. The van der Waals surface area contributed by atoms with E-state index in [1.807, 2.05) is 13.8 Å². The lowest BCUT2D eigenvalue weighted by molar-refractivity contribution is 0.0787. The van der Waals surface area contributed by atoms with Crippen LogP contribution in [0.3, 0.4) is 0 Å². The van der Waals surface area contributed by atoms with Gasteiger partial charge in [-0.2, -0.15) is 0 Å². The quantitative estimate of drug-likeness (QED) is 0.602. The lowest BCUT2D eigenvalue weighted by Gasteiger charge is -2.09. The smallest absolute Gasteiger partial charge is 0.151 e. The number of aromatic nitrogens is 1. The van der Waals surface area contributed by atoms with Crippen LogP contribution in [-0.2, 0) is 4.74 Å². The molecule has 1 N–H and O–H groups in total. The number of nitrogens with zero attached hydrogens (tertiary/aromatic N) is 1. The van der Waals surface area contributed by atoms with Crippen molar-refractivity contribution in [3.8, 4) is 0 Å². The summed E-state index contributed by atoms with van der Waals surface area (Å²) in [6.07, 6.45) is 3.35. The summed E-state index contributed by atoms with van der Waals surface area (Å²) in [7, 11) is 0. The Morgan fingerprint density at radius 3 is 2.94 bits per heavy atom. The lowest BCUT2D eigenvalue weighted by atomic mass is 10.3. The number of carbonyl (C=O) groups is 1. The Morgan fingerprint density at radius 2 is 2.35 bits per heavy atom. The second-order valence-corrected chi connectivity index (χ2v) is 4.32. The van der Waals surface area contributed by atoms with E-state index in [4.69, 9.17) is 16.3 Å². The number of ether oxygens (including phenoxy) is 1. The first-order chi connectivity index (χ1) is 8.13. The summed E-state index contributed by atoms with van der Waals surface area (Å²) < 4.78 is 5.41. The highest BCUT2D eigenvalue weighted by molar-refractivity contribution is 6.33. The highest BCUT2D eigenvalue weighted by atomic mass is 35.5. The van der Waals surface area contributed by atoms with E-state index >= 15 is 0 Å². The fraction of sp³-hybridized carbons (Fsp3) is 0.500. The van der Waals surface area contributed by atoms with E-state index in [1.54, 1.807) is 6.07 Å². The van der Waals surface area contributed by atoms with Gasteiger partial charge in [0.15, 0.2) is 6.29 Å². The Morgan fingerprint density at radius 1 is 1.59 bits per heavy atom. The van der Waals surface area contributed by atoms with Crippen LogP contribution < -0.4 is 5.32 Å². The van der Waals surface area contributed by atoms with Crippen LogP contribution >= 0.6 is 11.6 Å². The van der Waals surface area contributed by atoms with Crippen LogP contribution in [0.2, 0.25) is 5.02 Å². The fourth-order valence-electron chi connectivity index (χ4n) is 1.25. The first kappa shape index (κ1) is 13.9. The number of pyridine rings is 1. The van der Waals surface area contributed by atoms with Crippen molar-refractivity contribution in [2.45, 2.75) is 26.4 Å². The van der Waals surface area contributed by atoms with Crippen molar-refractivity contribution < 1.29 is 9.53 Å². The van der Waals surface area contributed by atoms with Gasteiger partial charge >= 0.3 is 0 Å². The third-order valence-electron chi connectivity index (χ3n) is 2.06. The Labute approximate surface area is 106 Å². The predicted molar refractivity (Wildman–Crippen MR) is 68.8 cm³/mol. The van der Waals surface area contributed by atoms with Gasteiger partial charge in [-0.1, -0.05) is 11.6 Å². The fourth-order valence-corrected chi connectivity index (χ4v) is 1.49. The van der Waals surface area contributed by atoms with Crippen molar-refractivity contribution in [1.82, 2.24) is 4.98 Å². The zero-order valence-electron chi connectivity index (χ0n) is 10.1. The topological polar surface area (TPSA) is 51.2 Å². The number of rotatable bonds is 7. The van der Waals surface area contributed by atoms with Gasteiger partial charge in [-0.05, 0) is 26.3 Å². The molecule has 0 unspecified atom stereocenters. The van der Waals surface area contributed by atoms with Gasteiger partial charge in [-0.15, -0.1) is 0 Å². The normalized spacial score (nSPS) is 10.6. The largest absolute Gasteiger partial charge is 0.379 e. The first-order valence-corrected chi connectivity index (χ1v) is 5.97. The predicted octanol–water partition coefficient (Wildman–Crippen LogP) is 2.77. The maximum Gasteiger partial charge on any atom is 0.151 e. The Bertz CT molecular complexity index is 370. The van der Waals surface area contributed by atoms with E-state index < -0.39 is 0 Å². The molecule has 4 nitrogen and oxygen atoms in total. The first-order valence-electron chi connectivity index (χ1n) is 5.59. The number of hydrogen-bond acceptors (Lipinski definition) is 4. The van der Waals surface area contributed by atoms with E-state index in [-0.39, 0.29) is 6.10 Å². The minimum atomic E-state index is 0.253. The standard InChI is InChI=1S/C12H17ClN2O2/c1-9(2)17-5-3-4-14-12-11(13)6-10(8-16)7-15-12/h6-9H,3-5H2,1-2H3,(H,14,15). The molecular weight excluding hydrogens is 240 g/mol. The van der Waals surface area contributed by atoms with Gasteiger partial charge in [0.05, 0.1) is 11.1 Å². The van der Waals surface area contributed by atoms with Gasteiger partial charge in [-0.3, -0.25) is 4.79 Å². The number of nitrogens with one attached hydrogen (secondary N) is 1. The van der Waals surface area contributed by atoms with Crippen LogP contribution in [0.1, 0.15) is 30.6 Å². The van der Waals surface area contributed by atoms with E-state index in [2.05, 4.69) is 10.3 Å². The highest BCUT2D eigenvalue weighted by Crippen LogP contribution is 2.19. The molecule has 0 spiro atoms. The van der Waals surface area contributed by atoms with Gasteiger partial charge in [-0.25, -0.2) is 4.98 Å². The summed E-state index contributed by atoms with van der Waals surface area (Å²) in [4.78, 5) is 14.6. The second kappa shape index (κ2) is 7.25. The molecule has 0 saturated heterocycles. The number of hydrogen-bond donors (Lipinski definition) is 1. The molecule has 0 radical (unpaired) electrons. The van der Waals surface area contributed by atoms with Crippen molar-refractivity contribution >= 4 is 23.7 Å². The van der Waals surface area contributed by atoms with Crippen molar-refractivity contribution in [1.29, 1.82) is 0 Å². The molecule has 0 fully saturated rings. The highest BCUT2D eigenvalue weighted by Gasteiger charge is 2.02. The zero-order valence-corrected chi connectivity index (χ0v) is 10.8. The van der Waals surface area contributed by atoms with Crippen LogP contribution in [0.25, 0.3) is 0 Å². The van der Waals surface area contributed by atoms with Crippen LogP contribution in [0.4, 0.5) is 5.82 Å². The van der Waals surface area contributed by atoms with Gasteiger partial charge in [0.1, 0.15) is 5.82 Å². The van der Waals surface area contributed by atoms with Crippen LogP contribution in [0.15, 0.2) is 12.3 Å². The molecule has 0 bridgehead atoms. The molecule has 0 aliphatic carbocycles. The summed E-state index contributed by atoms with van der Waals surface area (Å²) >= 11 is 5.96. The van der Waals surface area contributed by atoms with Crippen molar-refractivity contribution in [3.63, 3.8) is 0 Å². The molecule has 0 aliphatic rings. The van der Waals surface area contributed by atoms with E-state index in [9.17, 15) is 4.79 Å². The summed E-state index contributed by atoms with van der Waals surface area (Å²) in [5.74, 6) is 0.599. The molecule has 1 aromatic heterocycles. The zero-order chi connectivity index (χ0) is 12.7. The summed E-state index contributed by atoms with van der Waals surface area (Å²) in [5, 5.41) is 3.56. The lowest BCUT2D eigenvalue weighted by Crippen LogP contribution is -2.10. The maximum atomic E-state index is 10.5. The van der Waals surface area contributed by atoms with Crippen molar-refractivity contribution in [2.24, 2.45) is 0 Å². The van der Waals surface area contributed by atoms with Crippen molar-refractivity contribution in [2.75, 3.05) is 18.5 Å². The SMILES string of the molecule is CC(C)OCCCNc1ncc(C=O)cc1Cl. The summed E-state index contributed by atoms with van der Waals surface area (Å²) in [6, 6.07) is 1.59. The van der Waals surface area contributed by atoms with E-state index in [0.29, 0.717) is 23.0 Å². The molecule has 5 heteroatoms. The number of carbonyl (C=O) groups excluding carboxylic acids is 1. The molecule has 0 aliphatic heterocycles. The molecule has 0 saturated carbocycles. The Hall–Kier alpha value is -1.13. The number of anilines is 1. The molecule has 1 rings (SSSR count). The van der Waals surface area contributed by atoms with Crippen molar-refractivity contribution in [3.05, 3.63) is 22.8 Å². The monoisotopic (exact) mass is 256 g/mol. The van der Waals surface area contributed by atoms with E-state index in [0.717, 1.165) is 19.3 Å². The number of halogens is 1. The minimum absolute atomic E-state index is 0.253. The summed E-state index contributed by atoms with van der Waals surface area (Å²) in [5.41, 5.74) is 0.476. The average Bonchev–Trinajstić information content (AvgIpc) is 2.30. The molecule has 94 valence electrons. The third kappa shape index (κ3) is 5.15. The molecular formula is C12H17ClN2O2. The molecule has 0 amide bonds. The van der Waals surface area contributed by atoms with Crippen LogP contribution in [0.5, 0.6) is 0 Å². The molecule has 1 heterocycles. The maximum absolute atomic E-state index is 10.5. The third-order valence-corrected chi connectivity index (χ3v) is 2.35. The van der Waals surface area contributed by atoms with Crippen LogP contribution in [-0.4, -0.2) is 30.5 Å². The van der Waals surface area contributed by atoms with Gasteiger partial charge in [0.2, 0.25) is 0 Å². The average molecular weight is 257 g/mol. The molecule has 0 atom stereocenters. The van der Waals surface area contributed by atoms with Gasteiger partial charge in [0.25, 0.3) is 0 Å². The number of aldehydes is 1. The van der Waals surface area contributed by atoms with Crippen LogP contribution in [0, 0.1) is 0 Å².